The minimum Gasteiger partial charge on any atom is -0.493 e. The SMILES string of the molecule is CCOc1ccc(NC(=O)CCCCC(=O)NCCC(=O)Nc2cc(C(=O)Nc3cn(C)c(C(=O)NCCC(=O)Nc4cn(C)c(C(=O)NCCCC(=O)Nc5cc(C(=O)Nc6cc(C(=O)Nc7cc(C(=O)Nc8cc(C(=O)NCCCN(C)C)n(C)c8)n(C)c7)n(C)c6)n(C)c5)n4)n3)n(C)c2)cc1C(=O)Nc1ccc(Cl)c(C(F)(F)F)c1. The van der Waals surface area contributed by atoms with Crippen LogP contribution in [0, 0.1) is 0 Å². The Morgan fingerprint density at radius 1 is 0.381 bits per heavy atom. The molecular weight excluding hydrogens is 1560 g/mol. The van der Waals surface area contributed by atoms with Crippen molar-refractivity contribution in [2.75, 3.05) is 101 Å². The number of anilines is 9. The molecule has 0 aliphatic heterocycles. The molecule has 0 saturated heterocycles. The van der Waals surface area contributed by atoms with E-state index < -0.39 is 81.7 Å². The van der Waals surface area contributed by atoms with E-state index in [1.807, 2.05) is 19.0 Å². The van der Waals surface area contributed by atoms with E-state index in [-0.39, 0.29) is 151 Å². The lowest BCUT2D eigenvalue weighted by Crippen LogP contribution is -2.29. The first-order valence-electron chi connectivity index (χ1n) is 37.0. The molecule has 0 aliphatic carbocycles. The van der Waals surface area contributed by atoms with Crippen molar-refractivity contribution in [2.45, 2.75) is 70.9 Å². The van der Waals surface area contributed by atoms with E-state index in [0.29, 0.717) is 53.9 Å². The molecule has 7 heterocycles. The number of nitrogens with one attached hydrogen (secondary N) is 13. The summed E-state index contributed by atoms with van der Waals surface area (Å²) in [6.45, 7) is 3.06. The van der Waals surface area contributed by atoms with Crippen molar-refractivity contribution in [1.29, 1.82) is 0 Å². The van der Waals surface area contributed by atoms with Crippen LogP contribution >= 0.6 is 11.6 Å². The van der Waals surface area contributed by atoms with Crippen molar-refractivity contribution in [3.8, 4) is 5.75 Å². The van der Waals surface area contributed by atoms with Crippen LogP contribution in [-0.4, -0.2) is 177 Å². The van der Waals surface area contributed by atoms with Gasteiger partial charge in [0.25, 0.3) is 47.3 Å². The first-order chi connectivity index (χ1) is 56.0. The maximum atomic E-state index is 13.5. The summed E-state index contributed by atoms with van der Waals surface area (Å²) in [6.07, 6.45) is 7.12. The molecule has 9 rings (SSSR count). The van der Waals surface area contributed by atoms with Gasteiger partial charge in [-0.2, -0.15) is 13.2 Å². The van der Waals surface area contributed by atoms with Gasteiger partial charge in [-0.15, -0.1) is 0 Å². The lowest BCUT2D eigenvalue weighted by Gasteiger charge is -2.15. The molecule has 118 heavy (non-hydrogen) atoms. The Bertz CT molecular complexity index is 5290. The largest absolute Gasteiger partial charge is 0.493 e. The Hall–Kier alpha value is -13.8. The number of hydrogen-bond donors (Lipinski definition) is 13. The number of ether oxygens (including phenoxy) is 1. The smallest absolute Gasteiger partial charge is 0.417 e. The number of aryl methyl sites for hydroxylation is 7. The molecule has 2 aromatic carbocycles. The minimum atomic E-state index is -4.76. The number of alkyl halides is 3. The van der Waals surface area contributed by atoms with Gasteiger partial charge in [0.1, 0.15) is 34.2 Å². The van der Waals surface area contributed by atoms with Gasteiger partial charge in [-0.1, -0.05) is 11.6 Å². The van der Waals surface area contributed by atoms with E-state index in [4.69, 9.17) is 16.3 Å². The number of halogens is 4. The van der Waals surface area contributed by atoms with Crippen LogP contribution in [0.1, 0.15) is 154 Å². The number of carbonyl (C=O) groups is 13. The van der Waals surface area contributed by atoms with Crippen LogP contribution < -0.4 is 73.9 Å². The van der Waals surface area contributed by atoms with Crippen LogP contribution in [0.5, 0.6) is 5.75 Å². The van der Waals surface area contributed by atoms with Crippen molar-refractivity contribution in [1.82, 2.24) is 68.1 Å². The molecule has 0 radical (unpaired) electrons. The molecule has 9 aromatic rings. The molecule has 0 atom stereocenters. The maximum Gasteiger partial charge on any atom is 0.417 e. The molecule has 0 aliphatic rings. The zero-order valence-electron chi connectivity index (χ0n) is 66.2. The third-order valence-corrected chi connectivity index (χ3v) is 18.2. The molecule has 41 heteroatoms. The van der Waals surface area contributed by atoms with Crippen molar-refractivity contribution in [2.24, 2.45) is 49.3 Å². The van der Waals surface area contributed by atoms with Crippen LogP contribution in [0.15, 0.2) is 110 Å². The van der Waals surface area contributed by atoms with Gasteiger partial charge < -0.3 is 111 Å². The van der Waals surface area contributed by atoms with Crippen LogP contribution in [0.4, 0.5) is 64.6 Å². The van der Waals surface area contributed by atoms with Crippen LogP contribution in [0.25, 0.3) is 0 Å². The van der Waals surface area contributed by atoms with Crippen molar-refractivity contribution < 1.29 is 80.2 Å². The summed E-state index contributed by atoms with van der Waals surface area (Å²) in [5.41, 5.74) is 1.55. The second kappa shape index (κ2) is 40.0. The summed E-state index contributed by atoms with van der Waals surface area (Å²) in [6, 6.07) is 14.6. The van der Waals surface area contributed by atoms with Gasteiger partial charge in [0.2, 0.25) is 41.2 Å². The Balaban J connectivity index is 0.624. The topological polar surface area (TPSA) is 451 Å². The number of unbranched alkanes of at least 4 members (excludes halogenated alkanes) is 1. The maximum absolute atomic E-state index is 13.5. The normalized spacial score (nSPS) is 11.1. The monoisotopic (exact) mass is 1650 g/mol. The number of rotatable bonds is 38. The second-order valence-corrected chi connectivity index (χ2v) is 28.0. The van der Waals surface area contributed by atoms with Gasteiger partial charge in [-0.05, 0) is 120 Å². The summed E-state index contributed by atoms with van der Waals surface area (Å²) < 4.78 is 56.3. The lowest BCUT2D eigenvalue weighted by molar-refractivity contribution is -0.137. The van der Waals surface area contributed by atoms with E-state index >= 15 is 0 Å². The molecule has 13 amide bonds. The van der Waals surface area contributed by atoms with Gasteiger partial charge in [0.05, 0.1) is 51.2 Å². The zero-order chi connectivity index (χ0) is 85.8. The first-order valence-corrected chi connectivity index (χ1v) is 37.4. The quantitative estimate of drug-likeness (QED) is 0.0167. The number of carbonyl (C=O) groups excluding carboxylic acids is 13. The number of hydrogen-bond acceptors (Lipinski definition) is 17. The zero-order valence-corrected chi connectivity index (χ0v) is 67.0. The summed E-state index contributed by atoms with van der Waals surface area (Å²) in [7, 11) is 15.1. The lowest BCUT2D eigenvalue weighted by atomic mass is 10.1. The Kier molecular flexibility index (Phi) is 29.9. The molecule has 0 spiro atoms. The molecule has 626 valence electrons. The Morgan fingerprint density at radius 3 is 1.24 bits per heavy atom. The van der Waals surface area contributed by atoms with Crippen LogP contribution in [0.2, 0.25) is 5.02 Å². The van der Waals surface area contributed by atoms with E-state index in [1.165, 1.54) is 97.0 Å². The number of amides is 13. The number of benzene rings is 2. The Morgan fingerprint density at radius 2 is 0.754 bits per heavy atom. The van der Waals surface area contributed by atoms with Gasteiger partial charge in [0.15, 0.2) is 11.6 Å². The van der Waals surface area contributed by atoms with Gasteiger partial charge in [-0.3, -0.25) is 62.3 Å². The number of aromatic nitrogens is 9. The summed E-state index contributed by atoms with van der Waals surface area (Å²) in [4.78, 5) is 181. The standard InChI is InChI=1S/C77H91ClF3N23O14/c1-11-118-59-22-20-44(30-51(59)69(110)89-45-19-21-53(78)52(31-45)77(79,80)81)86-63(106)17-13-12-16-62(105)82-27-23-65(108)88-47-33-58(100(6)38-47)74(115)96-61-43-104(10)68(95-61)76(117)85-28-24-66(109)93-60-42-103(9)67(94-60)75(116)84-25-14-18-64(107)87-46-32-55(99(5)37-46)71(112)91-49-35-57(102(8)40-49)73(114)92-50-36-56(101(7)41-50)72(113)90-48-34-54(98(4)39-48)70(111)83-26-15-29-97(2)3/h19-22,30-43H,11-18,23-29H2,1-10H3,(H,82,105)(H,83,111)(H,84,116)(H,85,117)(H,86,106)(H,87,107)(H,88,108)(H,89,110)(H,90,113)(H,91,112)(H,92,114)(H,93,109)(H,96,115). The fourth-order valence-corrected chi connectivity index (χ4v) is 12.3. The third kappa shape index (κ3) is 24.6. The highest BCUT2D eigenvalue weighted by Crippen LogP contribution is 2.37. The van der Waals surface area contributed by atoms with Crippen molar-refractivity contribution in [3.63, 3.8) is 0 Å². The van der Waals surface area contributed by atoms with Gasteiger partial charge in [-0.25, -0.2) is 9.97 Å². The summed E-state index contributed by atoms with van der Waals surface area (Å²) in [5, 5.41) is 34.3. The fourth-order valence-electron chi connectivity index (χ4n) is 12.1. The number of nitrogens with zero attached hydrogens (tertiary/aromatic N) is 10. The highest BCUT2D eigenvalue weighted by molar-refractivity contribution is 6.31. The third-order valence-electron chi connectivity index (χ3n) is 17.8. The van der Waals surface area contributed by atoms with Crippen molar-refractivity contribution >= 4 is 140 Å². The number of imidazole rings is 2. The average molecular weight is 1660 g/mol. The van der Waals surface area contributed by atoms with E-state index in [0.717, 1.165) is 19.0 Å². The predicted octanol–water partition coefficient (Wildman–Crippen LogP) is 7.41. The van der Waals surface area contributed by atoms with Crippen LogP contribution in [0.3, 0.4) is 0 Å². The molecule has 13 N–H and O–H groups in total. The summed E-state index contributed by atoms with van der Waals surface area (Å²) in [5.74, 6) is -6.71. The molecular formula is C77H91ClF3N23O14. The van der Waals surface area contributed by atoms with E-state index in [1.54, 1.807) is 89.2 Å². The molecule has 0 unspecified atom stereocenters. The molecule has 0 saturated carbocycles. The van der Waals surface area contributed by atoms with E-state index in [9.17, 15) is 75.5 Å². The average Bonchev–Trinajstić information content (AvgIpc) is 1.49. The van der Waals surface area contributed by atoms with Crippen LogP contribution in [-0.2, 0) is 79.5 Å². The highest BCUT2D eigenvalue weighted by atomic mass is 35.5. The minimum absolute atomic E-state index is 0.000298. The fraction of sp³-hybridized carbons (Fsp3) is 0.338. The molecule has 7 aromatic heterocycles. The van der Waals surface area contributed by atoms with E-state index in [2.05, 4.69) is 79.1 Å². The van der Waals surface area contributed by atoms with Crippen molar-refractivity contribution in [3.05, 3.63) is 166 Å². The molecule has 0 bridgehead atoms. The molecule has 0 fully saturated rings. The van der Waals surface area contributed by atoms with Gasteiger partial charge in [0, 0.05) is 162 Å². The first kappa shape index (κ1) is 88.2. The second-order valence-electron chi connectivity index (χ2n) is 27.6. The molecule has 37 nitrogen and oxygen atoms in total. The summed E-state index contributed by atoms with van der Waals surface area (Å²) >= 11 is 5.72. The Labute approximate surface area is 678 Å². The highest BCUT2D eigenvalue weighted by Gasteiger charge is 2.34. The van der Waals surface area contributed by atoms with Gasteiger partial charge >= 0.3 is 6.18 Å². The predicted molar refractivity (Wildman–Crippen MR) is 432 cm³/mol.